The highest BCUT2D eigenvalue weighted by molar-refractivity contribution is 6.31. The number of nitro benzene ring substituents is 1. The lowest BCUT2D eigenvalue weighted by Gasteiger charge is -2.12. The van der Waals surface area contributed by atoms with Gasteiger partial charge in [0.15, 0.2) is 0 Å². The molecule has 3 aromatic carbocycles. The molecule has 0 atom stereocenters. The summed E-state index contributed by atoms with van der Waals surface area (Å²) in [6.07, 6.45) is 0. The fourth-order valence-electron chi connectivity index (χ4n) is 3.31. The number of aromatic nitrogens is 1. The smallest absolute Gasteiger partial charge is 0.292 e. The first-order valence-electron chi connectivity index (χ1n) is 9.15. The maximum absolute atomic E-state index is 13.2. The molecule has 148 valence electrons. The van der Waals surface area contributed by atoms with E-state index in [-0.39, 0.29) is 11.4 Å². The minimum Gasteiger partial charge on any atom is -0.316 e. The SMILES string of the molecule is Cc1ccccc1-c1cc(C(=O)Nc2ccccc2[N+](=O)[O-])c2cc(Cl)ccc2n1. The van der Waals surface area contributed by atoms with Crippen molar-refractivity contribution in [2.24, 2.45) is 0 Å². The van der Waals surface area contributed by atoms with Gasteiger partial charge in [0.25, 0.3) is 11.6 Å². The van der Waals surface area contributed by atoms with Gasteiger partial charge >= 0.3 is 0 Å². The van der Waals surface area contributed by atoms with Crippen LogP contribution < -0.4 is 5.32 Å². The van der Waals surface area contributed by atoms with Crippen molar-refractivity contribution >= 4 is 39.8 Å². The maximum atomic E-state index is 13.2. The Morgan fingerprint density at radius 2 is 1.77 bits per heavy atom. The van der Waals surface area contributed by atoms with Gasteiger partial charge in [-0.05, 0) is 42.8 Å². The number of nitro groups is 1. The average Bonchev–Trinajstić information content (AvgIpc) is 2.73. The molecule has 0 spiro atoms. The first kappa shape index (κ1) is 19.5. The van der Waals surface area contributed by atoms with Crippen molar-refractivity contribution in [1.29, 1.82) is 0 Å². The van der Waals surface area contributed by atoms with Gasteiger partial charge in [-0.15, -0.1) is 0 Å². The lowest BCUT2D eigenvalue weighted by molar-refractivity contribution is -0.383. The number of benzene rings is 3. The van der Waals surface area contributed by atoms with Gasteiger partial charge in [-0.25, -0.2) is 4.98 Å². The van der Waals surface area contributed by atoms with Gasteiger partial charge in [0.05, 0.1) is 21.7 Å². The Labute approximate surface area is 177 Å². The number of amides is 1. The lowest BCUT2D eigenvalue weighted by atomic mass is 10.0. The van der Waals surface area contributed by atoms with E-state index >= 15 is 0 Å². The summed E-state index contributed by atoms with van der Waals surface area (Å²) in [7, 11) is 0. The van der Waals surface area contributed by atoms with Crippen molar-refractivity contribution in [3.63, 3.8) is 0 Å². The molecule has 0 radical (unpaired) electrons. The van der Waals surface area contributed by atoms with Crippen LogP contribution in [-0.2, 0) is 0 Å². The molecule has 0 unspecified atom stereocenters. The van der Waals surface area contributed by atoms with E-state index in [0.717, 1.165) is 11.1 Å². The third kappa shape index (κ3) is 3.73. The van der Waals surface area contributed by atoms with Crippen molar-refractivity contribution in [3.8, 4) is 11.3 Å². The molecule has 0 saturated heterocycles. The predicted octanol–water partition coefficient (Wildman–Crippen LogP) is 6.02. The fourth-order valence-corrected chi connectivity index (χ4v) is 3.48. The summed E-state index contributed by atoms with van der Waals surface area (Å²) in [5, 5.41) is 15.0. The summed E-state index contributed by atoms with van der Waals surface area (Å²) in [5.41, 5.74) is 3.43. The van der Waals surface area contributed by atoms with E-state index < -0.39 is 10.8 Å². The zero-order valence-corrected chi connectivity index (χ0v) is 16.7. The largest absolute Gasteiger partial charge is 0.316 e. The van der Waals surface area contributed by atoms with Crippen LogP contribution in [0.15, 0.2) is 72.8 Å². The van der Waals surface area contributed by atoms with Gasteiger partial charge in [0, 0.05) is 22.0 Å². The van der Waals surface area contributed by atoms with Crippen LogP contribution in [0.4, 0.5) is 11.4 Å². The highest BCUT2D eigenvalue weighted by Crippen LogP contribution is 2.30. The van der Waals surface area contributed by atoms with Gasteiger partial charge < -0.3 is 5.32 Å². The third-order valence-electron chi connectivity index (χ3n) is 4.79. The van der Waals surface area contributed by atoms with Gasteiger partial charge in [-0.2, -0.15) is 0 Å². The Hall–Kier alpha value is -3.77. The van der Waals surface area contributed by atoms with E-state index in [0.29, 0.717) is 27.2 Å². The normalized spacial score (nSPS) is 10.7. The van der Waals surface area contributed by atoms with E-state index in [4.69, 9.17) is 16.6 Å². The molecule has 0 aliphatic carbocycles. The number of halogens is 1. The van der Waals surface area contributed by atoms with Crippen LogP contribution in [0, 0.1) is 17.0 Å². The minimum atomic E-state index is -0.532. The summed E-state index contributed by atoms with van der Waals surface area (Å²) in [6, 6.07) is 20.6. The number of aryl methyl sites for hydroxylation is 1. The Morgan fingerprint density at radius 1 is 1.03 bits per heavy atom. The monoisotopic (exact) mass is 417 g/mol. The third-order valence-corrected chi connectivity index (χ3v) is 5.02. The second kappa shape index (κ2) is 7.93. The number of nitrogens with one attached hydrogen (secondary N) is 1. The number of nitrogens with zero attached hydrogens (tertiary/aromatic N) is 2. The molecule has 7 heteroatoms. The van der Waals surface area contributed by atoms with Crippen molar-refractivity contribution in [2.75, 3.05) is 5.32 Å². The van der Waals surface area contributed by atoms with Crippen molar-refractivity contribution < 1.29 is 9.72 Å². The Kier molecular flexibility index (Phi) is 5.16. The number of carbonyl (C=O) groups excluding carboxylic acids is 1. The molecule has 0 bridgehead atoms. The van der Waals surface area contributed by atoms with Gasteiger partial charge in [0.2, 0.25) is 0 Å². The highest BCUT2D eigenvalue weighted by atomic mass is 35.5. The molecule has 6 nitrogen and oxygen atoms in total. The van der Waals surface area contributed by atoms with Crippen LogP contribution in [0.5, 0.6) is 0 Å². The molecule has 0 aliphatic heterocycles. The van der Waals surface area contributed by atoms with E-state index in [1.54, 1.807) is 36.4 Å². The molecule has 0 aliphatic rings. The van der Waals surface area contributed by atoms with Crippen molar-refractivity contribution in [3.05, 3.63) is 99.1 Å². The van der Waals surface area contributed by atoms with Crippen LogP contribution in [0.3, 0.4) is 0 Å². The summed E-state index contributed by atoms with van der Waals surface area (Å²) >= 11 is 6.16. The summed E-state index contributed by atoms with van der Waals surface area (Å²) in [5.74, 6) is -0.478. The van der Waals surface area contributed by atoms with E-state index in [9.17, 15) is 14.9 Å². The molecule has 1 N–H and O–H groups in total. The first-order valence-corrected chi connectivity index (χ1v) is 9.53. The number of pyridine rings is 1. The maximum Gasteiger partial charge on any atom is 0.292 e. The van der Waals surface area contributed by atoms with Crippen molar-refractivity contribution in [2.45, 2.75) is 6.92 Å². The number of hydrogen-bond acceptors (Lipinski definition) is 4. The summed E-state index contributed by atoms with van der Waals surface area (Å²) < 4.78 is 0. The lowest BCUT2D eigenvalue weighted by Crippen LogP contribution is -2.14. The highest BCUT2D eigenvalue weighted by Gasteiger charge is 2.19. The van der Waals surface area contributed by atoms with Gasteiger partial charge in [-0.3, -0.25) is 14.9 Å². The molecule has 1 aromatic heterocycles. The molecule has 0 fully saturated rings. The number of anilines is 1. The van der Waals surface area contributed by atoms with Crippen LogP contribution >= 0.6 is 11.6 Å². The molecule has 1 amide bonds. The zero-order chi connectivity index (χ0) is 21.3. The zero-order valence-electron chi connectivity index (χ0n) is 15.9. The standard InChI is InChI=1S/C23H16ClN3O3/c1-14-6-2-3-7-16(14)21-13-18(17-12-15(24)10-11-19(17)25-21)23(28)26-20-8-4-5-9-22(20)27(29)30/h2-13H,1H3,(H,26,28). The molecule has 30 heavy (non-hydrogen) atoms. The number of hydrogen-bond donors (Lipinski definition) is 1. The Morgan fingerprint density at radius 3 is 2.53 bits per heavy atom. The molecule has 4 rings (SSSR count). The quantitative estimate of drug-likeness (QED) is 0.324. The number of fused-ring (bicyclic) bond motifs is 1. The van der Waals surface area contributed by atoms with E-state index in [1.807, 2.05) is 31.2 Å². The average molecular weight is 418 g/mol. The summed E-state index contributed by atoms with van der Waals surface area (Å²) in [6.45, 7) is 1.97. The Balaban J connectivity index is 1.87. The second-order valence-electron chi connectivity index (χ2n) is 6.76. The second-order valence-corrected chi connectivity index (χ2v) is 7.20. The summed E-state index contributed by atoms with van der Waals surface area (Å²) in [4.78, 5) is 28.6. The number of para-hydroxylation sites is 2. The molecule has 4 aromatic rings. The Bertz CT molecular complexity index is 1300. The molecular weight excluding hydrogens is 402 g/mol. The van der Waals surface area contributed by atoms with Gasteiger partial charge in [0.1, 0.15) is 5.69 Å². The van der Waals surface area contributed by atoms with Crippen molar-refractivity contribution in [1.82, 2.24) is 4.98 Å². The van der Waals surface area contributed by atoms with Crippen LogP contribution in [0.25, 0.3) is 22.2 Å². The molecule has 1 heterocycles. The molecule has 0 saturated carbocycles. The fraction of sp³-hybridized carbons (Fsp3) is 0.0435. The number of carbonyl (C=O) groups is 1. The van der Waals surface area contributed by atoms with Crippen LogP contribution in [-0.4, -0.2) is 15.8 Å². The first-order chi connectivity index (χ1) is 14.4. The van der Waals surface area contributed by atoms with E-state index in [2.05, 4.69) is 5.32 Å². The predicted molar refractivity (Wildman–Crippen MR) is 118 cm³/mol. The van der Waals surface area contributed by atoms with Crippen LogP contribution in [0.2, 0.25) is 5.02 Å². The minimum absolute atomic E-state index is 0.122. The van der Waals surface area contributed by atoms with Crippen LogP contribution in [0.1, 0.15) is 15.9 Å². The number of rotatable bonds is 4. The van der Waals surface area contributed by atoms with E-state index in [1.165, 1.54) is 12.1 Å². The topological polar surface area (TPSA) is 85.1 Å². The van der Waals surface area contributed by atoms with Gasteiger partial charge in [-0.1, -0.05) is 48.0 Å². The molecular formula is C23H16ClN3O3.